The summed E-state index contributed by atoms with van der Waals surface area (Å²) >= 11 is 0. The van der Waals surface area contributed by atoms with Gasteiger partial charge in [-0.15, -0.1) is 0 Å². The molecule has 0 aliphatic heterocycles. The molecule has 2 aromatic carbocycles. The van der Waals surface area contributed by atoms with Crippen molar-refractivity contribution in [3.8, 4) is 11.5 Å². The molecule has 1 unspecified atom stereocenters. The number of imidazole rings is 1. The third kappa shape index (κ3) is 4.64. The minimum absolute atomic E-state index is 0.203. The van der Waals surface area contributed by atoms with E-state index in [4.69, 9.17) is 9.47 Å². The Bertz CT molecular complexity index is 1160. The van der Waals surface area contributed by atoms with Crippen LogP contribution in [0.1, 0.15) is 33.4 Å². The van der Waals surface area contributed by atoms with Crippen molar-refractivity contribution < 1.29 is 14.3 Å². The molecular formula is C24H25N5O3. The highest BCUT2D eigenvalue weighted by Gasteiger charge is 2.23. The van der Waals surface area contributed by atoms with Crippen LogP contribution in [0.3, 0.4) is 0 Å². The monoisotopic (exact) mass is 431 g/mol. The number of amides is 1. The van der Waals surface area contributed by atoms with Gasteiger partial charge in [-0.2, -0.15) is 5.10 Å². The van der Waals surface area contributed by atoms with Gasteiger partial charge in [-0.05, 0) is 41.5 Å². The SMILES string of the molecule is COc1cc(OC)cc(C(NC(=O)c2ccc(Cn3cccn3)cc2)c2nccn2C)c1. The van der Waals surface area contributed by atoms with Gasteiger partial charge in [0.1, 0.15) is 23.4 Å². The fraction of sp³-hybridized carbons (Fsp3) is 0.208. The number of hydrogen-bond acceptors (Lipinski definition) is 5. The Morgan fingerprint density at radius 3 is 2.31 bits per heavy atom. The molecule has 8 nitrogen and oxygen atoms in total. The Hall–Kier alpha value is -4.07. The molecule has 2 heterocycles. The summed E-state index contributed by atoms with van der Waals surface area (Å²) in [5, 5.41) is 7.32. The second-order valence-corrected chi connectivity index (χ2v) is 7.35. The summed E-state index contributed by atoms with van der Waals surface area (Å²) < 4.78 is 14.5. The molecule has 0 radical (unpaired) electrons. The molecule has 164 valence electrons. The van der Waals surface area contributed by atoms with E-state index in [0.29, 0.717) is 29.4 Å². The first-order valence-corrected chi connectivity index (χ1v) is 10.1. The lowest BCUT2D eigenvalue weighted by atomic mass is 10.0. The number of carbonyl (C=O) groups excluding carboxylic acids is 1. The van der Waals surface area contributed by atoms with Crippen molar-refractivity contribution in [2.45, 2.75) is 12.6 Å². The normalized spacial score (nSPS) is 11.7. The maximum Gasteiger partial charge on any atom is 0.252 e. The number of aryl methyl sites for hydroxylation is 1. The molecule has 4 rings (SSSR count). The first kappa shape index (κ1) is 21.2. The Kier molecular flexibility index (Phi) is 6.21. The van der Waals surface area contributed by atoms with Gasteiger partial charge in [0.25, 0.3) is 5.91 Å². The Morgan fingerprint density at radius 1 is 1.03 bits per heavy atom. The van der Waals surface area contributed by atoms with Crippen LogP contribution in [0.5, 0.6) is 11.5 Å². The number of methoxy groups -OCH3 is 2. The van der Waals surface area contributed by atoms with Crippen LogP contribution < -0.4 is 14.8 Å². The van der Waals surface area contributed by atoms with Crippen LogP contribution in [0.15, 0.2) is 73.3 Å². The summed E-state index contributed by atoms with van der Waals surface area (Å²) in [6, 6.07) is 14.4. The largest absolute Gasteiger partial charge is 0.497 e. The highest BCUT2D eigenvalue weighted by Crippen LogP contribution is 2.29. The van der Waals surface area contributed by atoms with Gasteiger partial charge in [-0.3, -0.25) is 9.48 Å². The molecule has 1 N–H and O–H groups in total. The van der Waals surface area contributed by atoms with Crippen molar-refractivity contribution in [3.63, 3.8) is 0 Å². The Morgan fingerprint density at radius 2 is 1.75 bits per heavy atom. The topological polar surface area (TPSA) is 83.2 Å². The third-order valence-corrected chi connectivity index (χ3v) is 5.22. The number of nitrogens with zero attached hydrogens (tertiary/aromatic N) is 4. The van der Waals surface area contributed by atoms with Crippen LogP contribution >= 0.6 is 0 Å². The lowest BCUT2D eigenvalue weighted by molar-refractivity contribution is 0.0941. The highest BCUT2D eigenvalue weighted by atomic mass is 16.5. The number of hydrogen-bond donors (Lipinski definition) is 1. The number of ether oxygens (including phenoxy) is 2. The molecule has 0 aliphatic rings. The molecule has 0 saturated carbocycles. The van der Waals surface area contributed by atoms with Crippen molar-refractivity contribution in [1.82, 2.24) is 24.6 Å². The van der Waals surface area contributed by atoms with E-state index in [2.05, 4.69) is 15.4 Å². The number of carbonyl (C=O) groups is 1. The number of benzene rings is 2. The molecule has 4 aromatic rings. The second kappa shape index (κ2) is 9.38. The fourth-order valence-electron chi connectivity index (χ4n) is 3.51. The van der Waals surface area contributed by atoms with Crippen molar-refractivity contribution in [2.75, 3.05) is 14.2 Å². The van der Waals surface area contributed by atoms with Gasteiger partial charge in [0, 0.05) is 43.5 Å². The van der Waals surface area contributed by atoms with Crippen LogP contribution in [0.4, 0.5) is 0 Å². The standard InChI is InChI=1S/C24H25N5O3/c1-28-12-10-25-23(28)22(19-13-20(31-2)15-21(14-19)32-3)27-24(30)18-7-5-17(6-8-18)16-29-11-4-9-26-29/h4-15,22H,16H2,1-3H3,(H,27,30). The predicted molar refractivity (Wildman–Crippen MR) is 120 cm³/mol. The molecule has 0 bridgehead atoms. The predicted octanol–water partition coefficient (Wildman–Crippen LogP) is 3.20. The van der Waals surface area contributed by atoms with Crippen LogP contribution in [0.2, 0.25) is 0 Å². The number of rotatable bonds is 8. The van der Waals surface area contributed by atoms with Crippen molar-refractivity contribution >= 4 is 5.91 Å². The van der Waals surface area contributed by atoms with E-state index in [0.717, 1.165) is 11.1 Å². The van der Waals surface area contributed by atoms with Gasteiger partial charge in [-0.25, -0.2) is 4.98 Å². The van der Waals surface area contributed by atoms with Crippen LogP contribution in [0.25, 0.3) is 0 Å². The minimum Gasteiger partial charge on any atom is -0.497 e. The quantitative estimate of drug-likeness (QED) is 0.463. The highest BCUT2D eigenvalue weighted by molar-refractivity contribution is 5.94. The van der Waals surface area contributed by atoms with Gasteiger partial charge >= 0.3 is 0 Å². The summed E-state index contributed by atoms with van der Waals surface area (Å²) in [4.78, 5) is 17.6. The molecule has 0 spiro atoms. The van der Waals surface area contributed by atoms with Gasteiger partial charge in [0.2, 0.25) is 0 Å². The third-order valence-electron chi connectivity index (χ3n) is 5.22. The number of aromatic nitrogens is 4. The van der Waals surface area contributed by atoms with Gasteiger partial charge in [-0.1, -0.05) is 12.1 Å². The smallest absolute Gasteiger partial charge is 0.252 e. The van der Waals surface area contributed by atoms with Crippen LogP contribution in [-0.4, -0.2) is 39.5 Å². The van der Waals surface area contributed by atoms with E-state index < -0.39 is 6.04 Å². The first-order valence-electron chi connectivity index (χ1n) is 10.1. The summed E-state index contributed by atoms with van der Waals surface area (Å²) in [6.07, 6.45) is 7.19. The van der Waals surface area contributed by atoms with Crippen LogP contribution in [-0.2, 0) is 13.6 Å². The maximum atomic E-state index is 13.1. The summed E-state index contributed by atoms with van der Waals surface area (Å²) in [5.74, 6) is 1.76. The minimum atomic E-state index is -0.491. The molecule has 32 heavy (non-hydrogen) atoms. The molecule has 1 amide bonds. The van der Waals surface area contributed by atoms with Crippen molar-refractivity contribution in [2.24, 2.45) is 7.05 Å². The second-order valence-electron chi connectivity index (χ2n) is 7.35. The lowest BCUT2D eigenvalue weighted by Gasteiger charge is -2.20. The summed E-state index contributed by atoms with van der Waals surface area (Å²) in [5.41, 5.74) is 2.42. The van der Waals surface area contributed by atoms with E-state index in [-0.39, 0.29) is 5.91 Å². The molecule has 8 heteroatoms. The van der Waals surface area contributed by atoms with E-state index in [1.54, 1.807) is 32.7 Å². The summed E-state index contributed by atoms with van der Waals surface area (Å²) in [6.45, 7) is 0.647. The van der Waals surface area contributed by atoms with E-state index in [9.17, 15) is 4.79 Å². The van der Waals surface area contributed by atoms with Crippen molar-refractivity contribution in [1.29, 1.82) is 0 Å². The molecule has 0 fully saturated rings. The van der Waals surface area contributed by atoms with Crippen LogP contribution in [0, 0.1) is 0 Å². The Labute approximate surface area is 186 Å². The molecule has 0 aliphatic carbocycles. The van der Waals surface area contributed by atoms with E-state index in [1.807, 2.05) is 71.2 Å². The van der Waals surface area contributed by atoms with Gasteiger partial charge in [0.15, 0.2) is 0 Å². The lowest BCUT2D eigenvalue weighted by Crippen LogP contribution is -2.31. The van der Waals surface area contributed by atoms with E-state index >= 15 is 0 Å². The summed E-state index contributed by atoms with van der Waals surface area (Å²) in [7, 11) is 5.08. The zero-order chi connectivity index (χ0) is 22.5. The average molecular weight is 431 g/mol. The van der Waals surface area contributed by atoms with E-state index in [1.165, 1.54) is 0 Å². The van der Waals surface area contributed by atoms with Gasteiger partial charge < -0.3 is 19.4 Å². The number of nitrogens with one attached hydrogen (secondary N) is 1. The van der Waals surface area contributed by atoms with Crippen molar-refractivity contribution in [3.05, 3.63) is 95.8 Å². The Balaban J connectivity index is 1.60. The first-order chi connectivity index (χ1) is 15.6. The maximum absolute atomic E-state index is 13.1. The van der Waals surface area contributed by atoms with Gasteiger partial charge in [0.05, 0.1) is 20.8 Å². The molecule has 0 saturated heterocycles. The average Bonchev–Trinajstić information content (AvgIpc) is 3.49. The molecular weight excluding hydrogens is 406 g/mol. The fourth-order valence-corrected chi connectivity index (χ4v) is 3.51. The molecule has 1 atom stereocenters. The zero-order valence-corrected chi connectivity index (χ0v) is 18.2. The molecule has 2 aromatic heterocycles. The zero-order valence-electron chi connectivity index (χ0n) is 18.2.